The normalized spacial score (nSPS) is 24.4. The molecule has 0 aromatic heterocycles. The molecule has 6 heteroatoms. The molecule has 3 atom stereocenters. The molecule has 2 aliphatic rings. The van der Waals surface area contributed by atoms with E-state index in [4.69, 9.17) is 9.47 Å². The lowest BCUT2D eigenvalue weighted by Crippen LogP contribution is -2.40. The molecule has 1 heterocycles. The summed E-state index contributed by atoms with van der Waals surface area (Å²) >= 11 is 0. The number of nitrogens with zero attached hydrogens (tertiary/aromatic N) is 1. The summed E-state index contributed by atoms with van der Waals surface area (Å²) in [5, 5.41) is -0.0617. The number of esters is 1. The third-order valence-corrected chi connectivity index (χ3v) is 7.96. The van der Waals surface area contributed by atoms with Crippen LogP contribution in [-0.2, 0) is 36.2 Å². The van der Waals surface area contributed by atoms with Gasteiger partial charge in [0.15, 0.2) is 0 Å². The van der Waals surface area contributed by atoms with Gasteiger partial charge in [-0.1, -0.05) is 51.5 Å². The summed E-state index contributed by atoms with van der Waals surface area (Å²) in [5.74, 6) is 0.363. The molecule has 0 unspecified atom stereocenters. The van der Waals surface area contributed by atoms with Gasteiger partial charge in [-0.05, 0) is 35.8 Å². The van der Waals surface area contributed by atoms with Gasteiger partial charge in [-0.2, -0.15) is 0 Å². The molecule has 0 N–H and O–H groups in total. The predicted octanol–water partition coefficient (Wildman–Crippen LogP) is 3.81. The number of hydrogen-bond donors (Lipinski definition) is 0. The van der Waals surface area contributed by atoms with Gasteiger partial charge in [0, 0.05) is 36.2 Å². The van der Waals surface area contributed by atoms with E-state index in [0.29, 0.717) is 18.7 Å². The molecular weight excluding hydrogens is 398 g/mol. The Hall–Kier alpha value is -1.24. The standard InChI is InChI=1S/C24H37NO4S/c1-24(2,3)20-10-8-19(9-11-20)18-30(27)22-7-5-4-6-21(22)29-23(26)12-13-25-14-16-28-17-15-25/h8-11,21-22H,4-7,12-18H2,1-3H3/t21-,22-,30-/m0/s1. The minimum atomic E-state index is -1.04. The van der Waals surface area contributed by atoms with E-state index in [1.54, 1.807) is 0 Å². The van der Waals surface area contributed by atoms with E-state index in [1.807, 2.05) is 0 Å². The molecule has 2 fully saturated rings. The average Bonchev–Trinajstić information content (AvgIpc) is 2.73. The molecule has 1 aromatic rings. The average molecular weight is 436 g/mol. The SMILES string of the molecule is CC(C)(C)c1ccc(C[S@](=O)[C@H]2CCCC[C@@H]2OC(=O)CCN2CCOCC2)cc1. The Labute approximate surface area is 184 Å². The van der Waals surface area contributed by atoms with Gasteiger partial charge in [-0.15, -0.1) is 0 Å². The molecule has 0 spiro atoms. The fourth-order valence-electron chi connectivity index (χ4n) is 4.17. The van der Waals surface area contributed by atoms with Crippen LogP contribution in [0.5, 0.6) is 0 Å². The topological polar surface area (TPSA) is 55.8 Å². The van der Waals surface area contributed by atoms with E-state index in [2.05, 4.69) is 49.9 Å². The van der Waals surface area contributed by atoms with Crippen LogP contribution < -0.4 is 0 Å². The molecule has 1 aliphatic carbocycles. The van der Waals surface area contributed by atoms with Crippen LogP contribution in [0.3, 0.4) is 0 Å². The molecule has 5 nitrogen and oxygen atoms in total. The first-order valence-electron chi connectivity index (χ1n) is 11.3. The first-order chi connectivity index (χ1) is 14.3. The lowest BCUT2D eigenvalue weighted by atomic mass is 9.87. The van der Waals surface area contributed by atoms with E-state index in [0.717, 1.165) is 57.6 Å². The lowest BCUT2D eigenvalue weighted by molar-refractivity contribution is -0.150. The molecular formula is C24H37NO4S. The van der Waals surface area contributed by atoms with Gasteiger partial charge < -0.3 is 9.47 Å². The fourth-order valence-corrected chi connectivity index (χ4v) is 5.87. The van der Waals surface area contributed by atoms with Crippen molar-refractivity contribution in [3.8, 4) is 0 Å². The van der Waals surface area contributed by atoms with Gasteiger partial charge in [0.05, 0.1) is 24.9 Å². The van der Waals surface area contributed by atoms with Crippen molar-refractivity contribution < 1.29 is 18.5 Å². The van der Waals surface area contributed by atoms with Crippen molar-refractivity contribution in [2.45, 2.75) is 75.4 Å². The monoisotopic (exact) mass is 435 g/mol. The van der Waals surface area contributed by atoms with Crippen LogP contribution in [0, 0.1) is 0 Å². The number of hydrogen-bond acceptors (Lipinski definition) is 5. The van der Waals surface area contributed by atoms with Crippen molar-refractivity contribution in [2.24, 2.45) is 0 Å². The minimum absolute atomic E-state index is 0.0617. The summed E-state index contributed by atoms with van der Waals surface area (Å²) in [6.07, 6.45) is 3.96. The third-order valence-electron chi connectivity index (χ3n) is 6.13. The summed E-state index contributed by atoms with van der Waals surface area (Å²) < 4.78 is 24.3. The summed E-state index contributed by atoms with van der Waals surface area (Å²) in [7, 11) is -1.04. The number of carbonyl (C=O) groups excluding carboxylic acids is 1. The van der Waals surface area contributed by atoms with Crippen molar-refractivity contribution >= 4 is 16.8 Å². The van der Waals surface area contributed by atoms with Crippen molar-refractivity contribution in [1.82, 2.24) is 4.90 Å². The van der Waals surface area contributed by atoms with Crippen LogP contribution in [0.2, 0.25) is 0 Å². The molecule has 1 aromatic carbocycles. The Kier molecular flexibility index (Phi) is 8.49. The number of carbonyl (C=O) groups is 1. The van der Waals surface area contributed by atoms with Crippen molar-refractivity contribution in [1.29, 1.82) is 0 Å². The third kappa shape index (κ3) is 6.89. The Morgan fingerprint density at radius 2 is 1.80 bits per heavy atom. The molecule has 1 saturated carbocycles. The molecule has 0 bridgehead atoms. The summed E-state index contributed by atoms with van der Waals surface area (Å²) in [6.45, 7) is 10.5. The maximum Gasteiger partial charge on any atom is 0.307 e. The lowest BCUT2D eigenvalue weighted by Gasteiger charge is -2.31. The molecule has 0 amide bonds. The number of benzene rings is 1. The van der Waals surface area contributed by atoms with Crippen molar-refractivity contribution in [2.75, 3.05) is 32.8 Å². The van der Waals surface area contributed by atoms with E-state index in [-0.39, 0.29) is 22.7 Å². The molecule has 168 valence electrons. The molecule has 1 saturated heterocycles. The molecule has 0 radical (unpaired) electrons. The van der Waals surface area contributed by atoms with E-state index < -0.39 is 10.8 Å². The number of morpholine rings is 1. The van der Waals surface area contributed by atoms with Gasteiger partial charge in [0.1, 0.15) is 6.10 Å². The van der Waals surface area contributed by atoms with Crippen molar-refractivity contribution in [3.05, 3.63) is 35.4 Å². The zero-order valence-electron chi connectivity index (χ0n) is 18.7. The Bertz CT molecular complexity index is 707. The summed E-state index contributed by atoms with van der Waals surface area (Å²) in [6, 6.07) is 8.45. The van der Waals surface area contributed by atoms with Crippen LogP contribution in [0.25, 0.3) is 0 Å². The second-order valence-electron chi connectivity index (χ2n) is 9.53. The fraction of sp³-hybridized carbons (Fsp3) is 0.708. The minimum Gasteiger partial charge on any atom is -0.461 e. The van der Waals surface area contributed by atoms with Crippen LogP contribution in [0.4, 0.5) is 0 Å². The Morgan fingerprint density at radius 3 is 2.47 bits per heavy atom. The van der Waals surface area contributed by atoms with Crippen LogP contribution in [0.15, 0.2) is 24.3 Å². The first kappa shape index (κ1) is 23.4. The van der Waals surface area contributed by atoms with Crippen LogP contribution >= 0.6 is 0 Å². The zero-order chi connectivity index (χ0) is 21.6. The van der Waals surface area contributed by atoms with E-state index in [1.165, 1.54) is 5.56 Å². The predicted molar refractivity (Wildman–Crippen MR) is 121 cm³/mol. The maximum atomic E-state index is 13.1. The highest BCUT2D eigenvalue weighted by atomic mass is 32.2. The molecule has 1 aliphatic heterocycles. The summed E-state index contributed by atoms with van der Waals surface area (Å²) in [5.41, 5.74) is 2.48. The van der Waals surface area contributed by atoms with Gasteiger partial charge >= 0.3 is 5.97 Å². The van der Waals surface area contributed by atoms with Crippen LogP contribution in [0.1, 0.15) is 64.0 Å². The quantitative estimate of drug-likeness (QED) is 0.610. The van der Waals surface area contributed by atoms with Gasteiger partial charge in [-0.3, -0.25) is 13.9 Å². The highest BCUT2D eigenvalue weighted by molar-refractivity contribution is 7.84. The van der Waals surface area contributed by atoms with E-state index >= 15 is 0 Å². The van der Waals surface area contributed by atoms with Gasteiger partial charge in [0.25, 0.3) is 0 Å². The maximum absolute atomic E-state index is 13.1. The first-order valence-corrected chi connectivity index (χ1v) is 12.7. The smallest absolute Gasteiger partial charge is 0.307 e. The van der Waals surface area contributed by atoms with Gasteiger partial charge in [0.2, 0.25) is 0 Å². The highest BCUT2D eigenvalue weighted by Crippen LogP contribution is 2.28. The zero-order valence-corrected chi connectivity index (χ0v) is 19.5. The summed E-state index contributed by atoms with van der Waals surface area (Å²) in [4.78, 5) is 14.7. The van der Waals surface area contributed by atoms with Crippen molar-refractivity contribution in [3.63, 3.8) is 0 Å². The Morgan fingerprint density at radius 1 is 1.13 bits per heavy atom. The van der Waals surface area contributed by atoms with Crippen LogP contribution in [-0.4, -0.2) is 59.3 Å². The molecule has 3 rings (SSSR count). The van der Waals surface area contributed by atoms with Gasteiger partial charge in [-0.25, -0.2) is 0 Å². The highest BCUT2D eigenvalue weighted by Gasteiger charge is 2.33. The second-order valence-corrected chi connectivity index (χ2v) is 11.2. The molecule has 30 heavy (non-hydrogen) atoms. The second kappa shape index (κ2) is 10.9. The van der Waals surface area contributed by atoms with E-state index in [9.17, 15) is 9.00 Å². The Balaban J connectivity index is 1.52. The largest absolute Gasteiger partial charge is 0.461 e. The number of ether oxygens (including phenoxy) is 2. The number of rotatable bonds is 7.